The molecule has 0 unspecified atom stereocenters. The Hall–Kier alpha value is -3.72. The van der Waals surface area contributed by atoms with E-state index in [1.165, 1.54) is 0 Å². The summed E-state index contributed by atoms with van der Waals surface area (Å²) in [5.74, 6) is 0.473. The molecule has 0 aliphatic rings. The van der Waals surface area contributed by atoms with Gasteiger partial charge < -0.3 is 23.3 Å². The minimum Gasteiger partial charge on any atom is -0.490 e. The minimum absolute atomic E-state index is 0.261. The van der Waals surface area contributed by atoms with E-state index < -0.39 is 14.3 Å². The third-order valence-corrected chi connectivity index (χ3v) is 13.3. The smallest absolute Gasteiger partial charge is 0.174 e. The lowest BCUT2D eigenvalue weighted by atomic mass is 10.3. The molecule has 5 rings (SSSR count). The summed E-state index contributed by atoms with van der Waals surface area (Å²) in [5, 5.41) is 3.85. The Labute approximate surface area is 254 Å². The molecule has 220 valence electrons. The number of hydrogen-bond donors (Lipinski definition) is 0. The normalized spacial score (nSPS) is 11.7. The number of rotatable bonds is 14. The van der Waals surface area contributed by atoms with Crippen LogP contribution < -0.4 is 36.6 Å². The van der Waals surface area contributed by atoms with Crippen molar-refractivity contribution in [3.05, 3.63) is 140 Å². The van der Waals surface area contributed by atoms with Gasteiger partial charge in [-0.3, -0.25) is 0 Å². The summed E-state index contributed by atoms with van der Waals surface area (Å²) in [6.07, 6.45) is 0. The van der Waals surface area contributed by atoms with Crippen LogP contribution in [0, 0.1) is 0 Å². The molecule has 0 bridgehead atoms. The van der Waals surface area contributed by atoms with Gasteiger partial charge in [-0.25, -0.2) is 0 Å². The van der Waals surface area contributed by atoms with Crippen LogP contribution in [0.1, 0.15) is 6.92 Å². The van der Waals surface area contributed by atoms with Gasteiger partial charge in [0.1, 0.15) is 12.4 Å². The Kier molecular flexibility index (Phi) is 10.5. The topological polar surface area (TPSA) is 61.8 Å². The van der Waals surface area contributed by atoms with Crippen LogP contribution in [0.2, 0.25) is 0 Å². The Morgan fingerprint density at radius 1 is 0.465 bits per heavy atom. The maximum Gasteiger partial charge on any atom is 0.174 e. The highest BCUT2D eigenvalue weighted by Gasteiger charge is 2.36. The third-order valence-electron chi connectivity index (χ3n) is 7.19. The highest BCUT2D eigenvalue weighted by molar-refractivity contribution is 7.86. The van der Waals surface area contributed by atoms with E-state index in [0.29, 0.717) is 64.0 Å². The van der Waals surface area contributed by atoms with Crippen LogP contribution in [0.3, 0.4) is 0 Å². The molecule has 0 heterocycles. The van der Waals surface area contributed by atoms with Crippen molar-refractivity contribution >= 4 is 46.1 Å². The van der Waals surface area contributed by atoms with Crippen molar-refractivity contribution in [3.63, 3.8) is 0 Å². The average Bonchev–Trinajstić information content (AvgIpc) is 3.08. The van der Waals surface area contributed by atoms with Gasteiger partial charge in [0.05, 0.1) is 25.1 Å². The number of ether oxygens (including phenoxy) is 3. The molecular weight excluding hydrogens is 574 g/mol. The van der Waals surface area contributed by atoms with E-state index in [-0.39, 0.29) is 6.61 Å². The van der Waals surface area contributed by atoms with Crippen LogP contribution in [0.5, 0.6) is 5.75 Å². The monoisotopic (exact) mass is 610 g/mol. The fraction of sp³-hybridized carbons (Fsp3) is 0.167. The highest BCUT2D eigenvalue weighted by Crippen LogP contribution is 2.48. The van der Waals surface area contributed by atoms with E-state index in [2.05, 4.69) is 0 Å². The van der Waals surface area contributed by atoms with Gasteiger partial charge in [0.2, 0.25) is 0 Å². The lowest BCUT2D eigenvalue weighted by Gasteiger charge is -2.26. The van der Waals surface area contributed by atoms with Crippen molar-refractivity contribution in [2.45, 2.75) is 6.92 Å². The molecule has 5 aromatic carbocycles. The summed E-state index contributed by atoms with van der Waals surface area (Å²) >= 11 is 0. The summed E-state index contributed by atoms with van der Waals surface area (Å²) in [6, 6.07) is 43.4. The molecule has 5 aromatic rings. The summed E-state index contributed by atoms with van der Waals surface area (Å²) in [5.41, 5.74) is 0. The first-order valence-electron chi connectivity index (χ1n) is 14.4. The average molecular weight is 611 g/mol. The summed E-state index contributed by atoms with van der Waals surface area (Å²) in [7, 11) is -6.81. The van der Waals surface area contributed by atoms with Gasteiger partial charge in [-0.2, -0.15) is 0 Å². The van der Waals surface area contributed by atoms with E-state index in [1.54, 1.807) is 0 Å². The molecule has 7 heteroatoms. The van der Waals surface area contributed by atoms with E-state index in [4.69, 9.17) is 14.2 Å². The Morgan fingerprint density at radius 3 is 1.35 bits per heavy atom. The number of hydrogen-bond acceptors (Lipinski definition) is 5. The largest absolute Gasteiger partial charge is 0.490 e. The van der Waals surface area contributed by atoms with Crippen LogP contribution in [0.25, 0.3) is 0 Å². The molecule has 0 aliphatic heterocycles. The fourth-order valence-corrected chi connectivity index (χ4v) is 10.7. The molecule has 0 fully saturated rings. The summed E-state index contributed by atoms with van der Waals surface area (Å²) < 4.78 is 48.2. The Morgan fingerprint density at radius 2 is 0.884 bits per heavy atom. The molecule has 5 nitrogen and oxygen atoms in total. The Balaban J connectivity index is 1.67. The molecule has 0 spiro atoms. The van der Waals surface area contributed by atoms with Crippen molar-refractivity contribution in [1.29, 1.82) is 0 Å². The maximum absolute atomic E-state index is 15.6. The number of benzene rings is 5. The minimum atomic E-state index is -3.47. The SMILES string of the molecule is CCOCCOCCOc1ccc(P(=O)(c2ccccc2)c2ccccc2)cc1P(=O)(c1ccccc1)c1ccccc1. The molecule has 0 amide bonds. The van der Waals surface area contributed by atoms with Crippen LogP contribution >= 0.6 is 14.3 Å². The first-order valence-corrected chi connectivity index (χ1v) is 17.9. The molecule has 0 saturated heterocycles. The molecule has 0 aromatic heterocycles. The predicted molar refractivity (Wildman–Crippen MR) is 178 cm³/mol. The van der Waals surface area contributed by atoms with Gasteiger partial charge in [0.15, 0.2) is 14.3 Å². The first kappa shape index (κ1) is 30.7. The molecule has 0 radical (unpaired) electrons. The Bertz CT molecular complexity index is 1590. The van der Waals surface area contributed by atoms with Crippen LogP contribution in [-0.2, 0) is 18.6 Å². The second-order valence-electron chi connectivity index (χ2n) is 9.87. The molecular formula is C36H36O5P2. The molecule has 0 N–H and O–H groups in total. The highest BCUT2D eigenvalue weighted by atomic mass is 31.2. The summed E-state index contributed by atoms with van der Waals surface area (Å²) in [6.45, 7) is 4.17. The summed E-state index contributed by atoms with van der Waals surface area (Å²) in [4.78, 5) is 0. The second-order valence-corrected chi connectivity index (χ2v) is 15.4. The van der Waals surface area contributed by atoms with Crippen LogP contribution in [0.4, 0.5) is 0 Å². The van der Waals surface area contributed by atoms with E-state index in [9.17, 15) is 0 Å². The molecule has 0 aliphatic carbocycles. The maximum atomic E-state index is 15.6. The second kappa shape index (κ2) is 14.6. The fourth-order valence-electron chi connectivity index (χ4n) is 5.07. The van der Waals surface area contributed by atoms with E-state index in [1.807, 2.05) is 146 Å². The lowest BCUT2D eigenvalue weighted by Crippen LogP contribution is -2.31. The van der Waals surface area contributed by atoms with Crippen molar-refractivity contribution < 1.29 is 23.3 Å². The van der Waals surface area contributed by atoms with Crippen LogP contribution in [0.15, 0.2) is 140 Å². The van der Waals surface area contributed by atoms with Crippen molar-refractivity contribution in [2.24, 2.45) is 0 Å². The van der Waals surface area contributed by atoms with Gasteiger partial charge >= 0.3 is 0 Å². The van der Waals surface area contributed by atoms with Crippen molar-refractivity contribution in [1.82, 2.24) is 0 Å². The van der Waals surface area contributed by atoms with E-state index >= 15 is 9.13 Å². The molecule has 0 atom stereocenters. The van der Waals surface area contributed by atoms with Gasteiger partial charge in [0, 0.05) is 33.1 Å². The predicted octanol–water partition coefficient (Wildman–Crippen LogP) is 5.40. The van der Waals surface area contributed by atoms with Crippen molar-refractivity contribution in [2.75, 3.05) is 33.0 Å². The molecule has 0 saturated carbocycles. The van der Waals surface area contributed by atoms with Crippen molar-refractivity contribution in [3.8, 4) is 5.75 Å². The zero-order valence-electron chi connectivity index (χ0n) is 24.3. The third kappa shape index (κ3) is 6.77. The standard InChI is InChI=1S/C36H36O5P2/c1-2-39-25-26-40-27-28-41-35-24-23-34(42(37,30-15-7-3-8-16-30)31-17-9-4-10-18-31)29-36(35)43(38,32-19-11-5-12-20-32)33-21-13-6-14-22-33/h3-24,29H,2,25-28H2,1H3. The first-order chi connectivity index (χ1) is 21.1. The van der Waals surface area contributed by atoms with Crippen LogP contribution in [-0.4, -0.2) is 33.0 Å². The molecule has 43 heavy (non-hydrogen) atoms. The lowest BCUT2D eigenvalue weighted by molar-refractivity contribution is 0.0406. The van der Waals surface area contributed by atoms with Gasteiger partial charge in [-0.1, -0.05) is 121 Å². The van der Waals surface area contributed by atoms with Gasteiger partial charge in [-0.05, 0) is 25.1 Å². The zero-order chi connectivity index (χ0) is 30.0. The van der Waals surface area contributed by atoms with Gasteiger partial charge in [-0.15, -0.1) is 0 Å². The quantitative estimate of drug-likeness (QED) is 0.125. The zero-order valence-corrected chi connectivity index (χ0v) is 26.0. The van der Waals surface area contributed by atoms with E-state index in [0.717, 1.165) is 0 Å². The van der Waals surface area contributed by atoms with Gasteiger partial charge in [0.25, 0.3) is 0 Å².